The van der Waals surface area contributed by atoms with E-state index in [0.717, 1.165) is 5.56 Å². The monoisotopic (exact) mass is 510 g/mol. The molecule has 0 aliphatic carbocycles. The largest absolute Gasteiger partial charge is 0.551 e. The molecule has 37 heavy (non-hydrogen) atoms. The molecule has 0 radical (unpaired) electrons. The van der Waals surface area contributed by atoms with Gasteiger partial charge in [-0.15, -0.1) is 0 Å². The first-order valence-electron chi connectivity index (χ1n) is 12.5. The predicted octanol–water partition coefficient (Wildman–Crippen LogP) is 1.34. The average Bonchev–Trinajstić information content (AvgIpc) is 2.87. The normalized spacial score (nSPS) is 18.7. The zero-order valence-electron chi connectivity index (χ0n) is 21.6. The maximum absolute atomic E-state index is 13.3. The number of nitrogens with one attached hydrogen (secondary N) is 3. The van der Waals surface area contributed by atoms with E-state index in [2.05, 4.69) is 20.9 Å². The molecule has 4 N–H and O–H groups in total. The molecule has 1 fully saturated rings. The Bertz CT molecular complexity index is 1070. The molecule has 0 bridgehead atoms. The van der Waals surface area contributed by atoms with Gasteiger partial charge in [0.15, 0.2) is 0 Å². The van der Waals surface area contributed by atoms with Crippen LogP contribution in [0.15, 0.2) is 48.5 Å². The number of hydrogen-bond donors (Lipinski definition) is 4. The summed E-state index contributed by atoms with van der Waals surface area (Å²) >= 11 is 0. The Morgan fingerprint density at radius 2 is 1.86 bits per heavy atom. The van der Waals surface area contributed by atoms with Gasteiger partial charge in [0, 0.05) is 18.2 Å². The highest BCUT2D eigenvalue weighted by Crippen LogP contribution is 2.17. The topological polar surface area (TPSA) is 139 Å². The molecular formula is C26H35BN4O6. The fraction of sp³-hybridized carbons (Fsp3) is 0.462. The van der Waals surface area contributed by atoms with Gasteiger partial charge in [-0.3, -0.25) is 14.4 Å². The van der Waals surface area contributed by atoms with E-state index in [4.69, 9.17) is 9.31 Å². The smallest absolute Gasteiger partial charge is 0.507 e. The van der Waals surface area contributed by atoms with Crippen molar-refractivity contribution in [3.05, 3.63) is 54.2 Å². The van der Waals surface area contributed by atoms with E-state index in [0.29, 0.717) is 12.1 Å². The lowest BCUT2D eigenvalue weighted by Crippen LogP contribution is -2.59. The fourth-order valence-electron chi connectivity index (χ4n) is 3.93. The van der Waals surface area contributed by atoms with Gasteiger partial charge in [-0.05, 0) is 38.3 Å². The number of carbonyl (C=O) groups is 3. The van der Waals surface area contributed by atoms with Gasteiger partial charge in [-0.1, -0.05) is 50.2 Å². The van der Waals surface area contributed by atoms with Gasteiger partial charge in [0.25, 0.3) is 5.91 Å². The molecule has 4 atom stereocenters. The minimum absolute atomic E-state index is 0.0325. The standard InChI is InChI=1S/C26H35BN4O6/c1-16(2)13-22(27-36-15-17(3)28-14-23(33)37-27)30-26(35)24(18(4)32)31-25(34)21-12-8-11-20(29-21)19-9-6-5-7-10-19/h5-12,16-18,22,24,28,32H,13-15H2,1-4H3,(H,30,35)(H,31,34)/t17?,18-,22+,24+/m1/s1. The summed E-state index contributed by atoms with van der Waals surface area (Å²) in [6.07, 6.45) is -0.752. The van der Waals surface area contributed by atoms with Gasteiger partial charge in [-0.25, -0.2) is 4.98 Å². The van der Waals surface area contributed by atoms with Gasteiger partial charge in [0.05, 0.1) is 24.3 Å². The second-order valence-electron chi connectivity index (χ2n) is 9.68. The summed E-state index contributed by atoms with van der Waals surface area (Å²) in [7, 11) is -1.00. The summed E-state index contributed by atoms with van der Waals surface area (Å²) in [5, 5.41) is 18.8. The molecule has 1 aliphatic rings. The first-order valence-corrected chi connectivity index (χ1v) is 12.5. The van der Waals surface area contributed by atoms with Gasteiger partial charge < -0.3 is 30.4 Å². The molecule has 3 rings (SSSR count). The Hall–Kier alpha value is -3.28. The van der Waals surface area contributed by atoms with E-state index < -0.39 is 43.0 Å². The summed E-state index contributed by atoms with van der Waals surface area (Å²) in [6.45, 7) is 7.54. The van der Waals surface area contributed by atoms with Crippen LogP contribution in [-0.2, 0) is 18.9 Å². The van der Waals surface area contributed by atoms with Crippen molar-refractivity contribution in [1.82, 2.24) is 20.9 Å². The van der Waals surface area contributed by atoms with Gasteiger partial charge in [0.2, 0.25) is 5.91 Å². The fourth-order valence-corrected chi connectivity index (χ4v) is 3.93. The minimum Gasteiger partial charge on any atom is -0.507 e. The molecule has 2 aromatic rings. The molecule has 1 saturated heterocycles. The maximum atomic E-state index is 13.3. The lowest BCUT2D eigenvalue weighted by Gasteiger charge is -2.30. The van der Waals surface area contributed by atoms with Crippen LogP contribution in [0.4, 0.5) is 0 Å². The quantitative estimate of drug-likeness (QED) is 0.371. The van der Waals surface area contributed by atoms with Crippen LogP contribution < -0.4 is 16.0 Å². The number of carbonyl (C=O) groups excluding carboxylic acids is 3. The summed E-state index contributed by atoms with van der Waals surface area (Å²) in [6, 6.07) is 13.1. The molecule has 2 heterocycles. The predicted molar refractivity (Wildman–Crippen MR) is 139 cm³/mol. The SMILES string of the molecule is CC(C)C[C@H](NC(=O)[C@@H](NC(=O)c1cccc(-c2ccccc2)n1)[C@@H](C)O)B1OCC(C)NCC(=O)O1. The Labute approximate surface area is 217 Å². The molecule has 1 unspecified atom stereocenters. The Morgan fingerprint density at radius 1 is 1.14 bits per heavy atom. The Morgan fingerprint density at radius 3 is 2.54 bits per heavy atom. The molecule has 1 aliphatic heterocycles. The van der Waals surface area contributed by atoms with Crippen LogP contribution in [-0.4, -0.2) is 72.3 Å². The van der Waals surface area contributed by atoms with Crippen LogP contribution in [0.25, 0.3) is 11.3 Å². The number of benzene rings is 1. The van der Waals surface area contributed by atoms with Crippen LogP contribution in [0, 0.1) is 5.92 Å². The van der Waals surface area contributed by atoms with Crippen molar-refractivity contribution in [3.8, 4) is 11.3 Å². The van der Waals surface area contributed by atoms with Gasteiger partial charge in [-0.2, -0.15) is 0 Å². The number of pyridine rings is 1. The number of amides is 2. The molecule has 0 saturated carbocycles. The van der Waals surface area contributed by atoms with Crippen LogP contribution in [0.1, 0.15) is 44.6 Å². The van der Waals surface area contributed by atoms with Crippen molar-refractivity contribution in [3.63, 3.8) is 0 Å². The molecule has 10 nitrogen and oxygen atoms in total. The van der Waals surface area contributed by atoms with E-state index in [1.165, 1.54) is 13.0 Å². The van der Waals surface area contributed by atoms with Crippen LogP contribution in [0.2, 0.25) is 0 Å². The van der Waals surface area contributed by atoms with Crippen molar-refractivity contribution < 1.29 is 28.8 Å². The summed E-state index contributed by atoms with van der Waals surface area (Å²) in [4.78, 5) is 42.8. The molecule has 0 spiro atoms. The average molecular weight is 510 g/mol. The van der Waals surface area contributed by atoms with Crippen molar-refractivity contribution in [2.75, 3.05) is 13.2 Å². The number of nitrogens with zero attached hydrogens (tertiary/aromatic N) is 1. The van der Waals surface area contributed by atoms with Gasteiger partial charge in [0.1, 0.15) is 11.7 Å². The van der Waals surface area contributed by atoms with E-state index in [1.807, 2.05) is 51.1 Å². The number of aliphatic hydroxyl groups excluding tert-OH is 1. The second-order valence-corrected chi connectivity index (χ2v) is 9.68. The maximum Gasteiger partial charge on any atom is 0.551 e. The molecule has 2 amide bonds. The highest BCUT2D eigenvalue weighted by atomic mass is 16.6. The third-order valence-electron chi connectivity index (χ3n) is 5.84. The lowest BCUT2D eigenvalue weighted by atomic mass is 9.73. The second kappa shape index (κ2) is 13.3. The molecule has 11 heteroatoms. The summed E-state index contributed by atoms with van der Waals surface area (Å²) in [5.41, 5.74) is 1.56. The van der Waals surface area contributed by atoms with E-state index >= 15 is 0 Å². The third kappa shape index (κ3) is 8.38. The van der Waals surface area contributed by atoms with Crippen LogP contribution in [0.3, 0.4) is 0 Å². The zero-order chi connectivity index (χ0) is 26.9. The first kappa shape index (κ1) is 28.3. The van der Waals surface area contributed by atoms with Crippen LogP contribution >= 0.6 is 0 Å². The molecule has 198 valence electrons. The summed E-state index contributed by atoms with van der Waals surface area (Å²) < 4.78 is 11.2. The van der Waals surface area contributed by atoms with E-state index in [9.17, 15) is 19.5 Å². The summed E-state index contributed by atoms with van der Waals surface area (Å²) in [5.74, 6) is -2.27. The molecule has 1 aromatic heterocycles. The number of rotatable bonds is 9. The zero-order valence-corrected chi connectivity index (χ0v) is 21.6. The van der Waals surface area contributed by atoms with Crippen molar-refractivity contribution in [2.45, 2.75) is 58.2 Å². The van der Waals surface area contributed by atoms with Crippen molar-refractivity contribution >= 4 is 24.9 Å². The third-order valence-corrected chi connectivity index (χ3v) is 5.84. The lowest BCUT2D eigenvalue weighted by molar-refractivity contribution is -0.136. The van der Waals surface area contributed by atoms with Crippen LogP contribution in [0.5, 0.6) is 0 Å². The highest BCUT2D eigenvalue weighted by molar-refractivity contribution is 6.49. The highest BCUT2D eigenvalue weighted by Gasteiger charge is 2.39. The van der Waals surface area contributed by atoms with Crippen molar-refractivity contribution in [1.29, 1.82) is 0 Å². The number of aromatic nitrogens is 1. The van der Waals surface area contributed by atoms with E-state index in [1.54, 1.807) is 12.1 Å². The van der Waals surface area contributed by atoms with Gasteiger partial charge >= 0.3 is 13.1 Å². The Balaban J connectivity index is 1.74. The van der Waals surface area contributed by atoms with Crippen molar-refractivity contribution in [2.24, 2.45) is 5.92 Å². The molecule has 1 aromatic carbocycles. The first-order chi connectivity index (χ1) is 17.6. The molecular weight excluding hydrogens is 475 g/mol. The van der Waals surface area contributed by atoms with E-state index in [-0.39, 0.29) is 30.8 Å². The Kier molecular flexibility index (Phi) is 10.2. The number of aliphatic hydroxyl groups is 1. The minimum atomic E-state index is -1.27. The number of hydrogen-bond acceptors (Lipinski definition) is 8.